The fourth-order valence-corrected chi connectivity index (χ4v) is 1.43. The van der Waals surface area contributed by atoms with E-state index in [2.05, 4.69) is 0 Å². The van der Waals surface area contributed by atoms with Crippen molar-refractivity contribution < 1.29 is 14.6 Å². The zero-order chi connectivity index (χ0) is 12.3. The monoisotopic (exact) mass is 219 g/mol. The summed E-state index contributed by atoms with van der Waals surface area (Å²) >= 11 is 0. The van der Waals surface area contributed by atoms with Gasteiger partial charge in [-0.1, -0.05) is 0 Å². The number of aryl methyl sites for hydroxylation is 2. The zero-order valence-electron chi connectivity index (χ0n) is 9.44. The SMILES string of the molecule is Cc1cc(C#N)cc(C)c1O[C@H](C)C(=O)O. The summed E-state index contributed by atoms with van der Waals surface area (Å²) in [6.07, 6.45) is -0.898. The lowest BCUT2D eigenvalue weighted by Crippen LogP contribution is -2.23. The van der Waals surface area contributed by atoms with Gasteiger partial charge in [0.2, 0.25) is 0 Å². The molecule has 1 aromatic carbocycles. The molecule has 0 aliphatic heterocycles. The highest BCUT2D eigenvalue weighted by Crippen LogP contribution is 2.25. The molecule has 1 N–H and O–H groups in total. The number of carboxylic acid groups (broad SMARTS) is 1. The van der Waals surface area contributed by atoms with Gasteiger partial charge in [0.1, 0.15) is 5.75 Å². The van der Waals surface area contributed by atoms with Crippen molar-refractivity contribution in [1.29, 1.82) is 5.26 Å². The third-order valence-corrected chi connectivity index (χ3v) is 2.23. The summed E-state index contributed by atoms with van der Waals surface area (Å²) in [6.45, 7) is 5.05. The third kappa shape index (κ3) is 2.51. The second-order valence-corrected chi connectivity index (χ2v) is 3.65. The molecule has 0 radical (unpaired) electrons. The third-order valence-electron chi connectivity index (χ3n) is 2.23. The number of nitrogens with zero attached hydrogens (tertiary/aromatic N) is 1. The first kappa shape index (κ1) is 12.1. The molecule has 4 heteroatoms. The Labute approximate surface area is 94.1 Å². The molecule has 0 aliphatic carbocycles. The van der Waals surface area contributed by atoms with Gasteiger partial charge in [-0.15, -0.1) is 0 Å². The van der Waals surface area contributed by atoms with E-state index in [-0.39, 0.29) is 0 Å². The van der Waals surface area contributed by atoms with Gasteiger partial charge in [-0.3, -0.25) is 0 Å². The molecule has 16 heavy (non-hydrogen) atoms. The largest absolute Gasteiger partial charge is 0.479 e. The number of hydrogen-bond acceptors (Lipinski definition) is 3. The molecule has 0 bridgehead atoms. The first-order valence-corrected chi connectivity index (χ1v) is 4.86. The first-order valence-electron chi connectivity index (χ1n) is 4.86. The summed E-state index contributed by atoms with van der Waals surface area (Å²) in [6, 6.07) is 5.40. The van der Waals surface area contributed by atoms with Crippen LogP contribution in [0, 0.1) is 25.2 Å². The highest BCUT2D eigenvalue weighted by atomic mass is 16.5. The van der Waals surface area contributed by atoms with Gasteiger partial charge in [-0.25, -0.2) is 4.79 Å². The fraction of sp³-hybridized carbons (Fsp3) is 0.333. The smallest absolute Gasteiger partial charge is 0.344 e. The Kier molecular flexibility index (Phi) is 3.51. The molecule has 4 nitrogen and oxygen atoms in total. The molecule has 0 fully saturated rings. The normalized spacial score (nSPS) is 11.6. The van der Waals surface area contributed by atoms with Crippen molar-refractivity contribution in [2.45, 2.75) is 26.9 Å². The lowest BCUT2D eigenvalue weighted by atomic mass is 10.1. The second-order valence-electron chi connectivity index (χ2n) is 3.65. The Morgan fingerprint density at radius 3 is 2.31 bits per heavy atom. The summed E-state index contributed by atoms with van der Waals surface area (Å²) in [5, 5.41) is 17.5. The van der Waals surface area contributed by atoms with Crippen LogP contribution in [-0.2, 0) is 4.79 Å². The molecule has 1 rings (SSSR count). The number of carboxylic acids is 1. The van der Waals surface area contributed by atoms with Crippen LogP contribution in [0.2, 0.25) is 0 Å². The molecule has 84 valence electrons. The molecule has 0 aromatic heterocycles. The van der Waals surface area contributed by atoms with Crippen LogP contribution in [0.4, 0.5) is 0 Å². The fourth-order valence-electron chi connectivity index (χ4n) is 1.43. The summed E-state index contributed by atoms with van der Waals surface area (Å²) in [5.41, 5.74) is 2.08. The molecule has 1 atom stereocenters. The van der Waals surface area contributed by atoms with Gasteiger partial charge in [0.05, 0.1) is 11.6 Å². The van der Waals surface area contributed by atoms with E-state index in [1.165, 1.54) is 6.92 Å². The molecular formula is C12H13NO3. The van der Waals surface area contributed by atoms with Gasteiger partial charge >= 0.3 is 5.97 Å². The molecule has 0 saturated carbocycles. The van der Waals surface area contributed by atoms with Gasteiger partial charge in [0.15, 0.2) is 6.10 Å². The van der Waals surface area contributed by atoms with Gasteiger partial charge in [0.25, 0.3) is 0 Å². The maximum absolute atomic E-state index is 10.7. The first-order chi connectivity index (χ1) is 7.45. The van der Waals surface area contributed by atoms with Gasteiger partial charge in [-0.2, -0.15) is 5.26 Å². The molecule has 0 spiro atoms. The molecule has 0 amide bonds. The van der Waals surface area contributed by atoms with E-state index in [1.807, 2.05) is 6.07 Å². The standard InChI is InChI=1S/C12H13NO3/c1-7-4-10(6-13)5-8(2)11(7)16-9(3)12(14)15/h4-5,9H,1-3H3,(H,14,15)/t9-/m1/s1. The minimum atomic E-state index is -1.01. The van der Waals surface area contributed by atoms with E-state index in [0.29, 0.717) is 11.3 Å². The average Bonchev–Trinajstić information content (AvgIpc) is 2.22. The van der Waals surface area contributed by atoms with Crippen LogP contribution in [0.3, 0.4) is 0 Å². The van der Waals surface area contributed by atoms with Crippen molar-refractivity contribution in [2.24, 2.45) is 0 Å². The summed E-state index contributed by atoms with van der Waals surface area (Å²) in [7, 11) is 0. The predicted octanol–water partition coefficient (Wildman–Crippen LogP) is 2.03. The van der Waals surface area contributed by atoms with Crippen molar-refractivity contribution in [3.8, 4) is 11.8 Å². The molecular weight excluding hydrogens is 206 g/mol. The summed E-state index contributed by atoms with van der Waals surface area (Å²) in [5.74, 6) is -0.475. The number of aliphatic carboxylic acids is 1. The highest BCUT2D eigenvalue weighted by molar-refractivity contribution is 5.72. The van der Waals surface area contributed by atoms with E-state index in [1.54, 1.807) is 26.0 Å². The molecule has 0 heterocycles. The Bertz CT molecular complexity index is 437. The van der Waals surface area contributed by atoms with E-state index in [4.69, 9.17) is 15.1 Å². The van der Waals surface area contributed by atoms with Crippen molar-refractivity contribution in [3.63, 3.8) is 0 Å². The van der Waals surface area contributed by atoms with Crippen molar-refractivity contribution in [2.75, 3.05) is 0 Å². The Balaban J connectivity index is 3.07. The highest BCUT2D eigenvalue weighted by Gasteiger charge is 2.15. The van der Waals surface area contributed by atoms with Crippen LogP contribution in [0.15, 0.2) is 12.1 Å². The minimum Gasteiger partial charge on any atom is -0.479 e. The number of hydrogen-bond donors (Lipinski definition) is 1. The minimum absolute atomic E-state index is 0.536. The summed E-state index contributed by atoms with van der Waals surface area (Å²) < 4.78 is 5.33. The second kappa shape index (κ2) is 4.67. The number of carbonyl (C=O) groups is 1. The number of benzene rings is 1. The van der Waals surface area contributed by atoms with Crippen LogP contribution in [0.1, 0.15) is 23.6 Å². The lowest BCUT2D eigenvalue weighted by molar-refractivity contribution is -0.144. The average molecular weight is 219 g/mol. The quantitative estimate of drug-likeness (QED) is 0.844. The van der Waals surface area contributed by atoms with Gasteiger partial charge in [0, 0.05) is 0 Å². The number of ether oxygens (including phenoxy) is 1. The Morgan fingerprint density at radius 2 is 1.94 bits per heavy atom. The summed E-state index contributed by atoms with van der Waals surface area (Å²) in [4.78, 5) is 10.7. The number of nitriles is 1. The molecule has 1 aromatic rings. The topological polar surface area (TPSA) is 70.3 Å². The molecule has 0 unspecified atom stereocenters. The van der Waals surface area contributed by atoms with Crippen LogP contribution >= 0.6 is 0 Å². The van der Waals surface area contributed by atoms with Crippen LogP contribution in [0.25, 0.3) is 0 Å². The van der Waals surface area contributed by atoms with E-state index in [9.17, 15) is 4.79 Å². The maximum Gasteiger partial charge on any atom is 0.344 e. The van der Waals surface area contributed by atoms with E-state index in [0.717, 1.165) is 11.1 Å². The lowest BCUT2D eigenvalue weighted by Gasteiger charge is -2.15. The van der Waals surface area contributed by atoms with E-state index >= 15 is 0 Å². The zero-order valence-corrected chi connectivity index (χ0v) is 9.44. The number of rotatable bonds is 3. The van der Waals surface area contributed by atoms with Crippen molar-refractivity contribution >= 4 is 5.97 Å². The van der Waals surface area contributed by atoms with Gasteiger partial charge in [-0.05, 0) is 44.0 Å². The van der Waals surface area contributed by atoms with E-state index < -0.39 is 12.1 Å². The van der Waals surface area contributed by atoms with Crippen molar-refractivity contribution in [1.82, 2.24) is 0 Å². The Hall–Kier alpha value is -2.02. The van der Waals surface area contributed by atoms with Crippen LogP contribution in [0.5, 0.6) is 5.75 Å². The molecule has 0 aliphatic rings. The van der Waals surface area contributed by atoms with Crippen molar-refractivity contribution in [3.05, 3.63) is 28.8 Å². The maximum atomic E-state index is 10.7. The Morgan fingerprint density at radius 1 is 1.44 bits per heavy atom. The predicted molar refractivity (Wildman–Crippen MR) is 58.4 cm³/mol. The van der Waals surface area contributed by atoms with Crippen LogP contribution in [-0.4, -0.2) is 17.2 Å². The van der Waals surface area contributed by atoms with Crippen LogP contribution < -0.4 is 4.74 Å². The molecule has 0 saturated heterocycles. The van der Waals surface area contributed by atoms with Gasteiger partial charge < -0.3 is 9.84 Å².